The Morgan fingerprint density at radius 3 is 2.69 bits per heavy atom. The summed E-state index contributed by atoms with van der Waals surface area (Å²) in [6.45, 7) is 2.63. The number of nitrogens with one attached hydrogen (secondary N) is 1. The predicted octanol–water partition coefficient (Wildman–Crippen LogP) is 2.66. The number of rotatable bonds is 4. The highest BCUT2D eigenvalue weighted by atomic mass is 19.1. The van der Waals surface area contributed by atoms with Gasteiger partial charge in [0.15, 0.2) is 0 Å². The minimum absolute atomic E-state index is 0.144. The summed E-state index contributed by atoms with van der Waals surface area (Å²) < 4.78 is 17.7. The molecule has 1 atom stereocenters. The minimum atomic E-state index is -0.216. The van der Waals surface area contributed by atoms with Gasteiger partial charge in [-0.15, -0.1) is 0 Å². The maximum atomic E-state index is 12.7. The zero-order valence-electron chi connectivity index (χ0n) is 8.98. The zero-order valence-corrected chi connectivity index (χ0v) is 8.98. The fraction of sp³-hybridized carbons (Fsp3) is 0.250. The molecule has 1 N–H and O–H groups in total. The van der Waals surface area contributed by atoms with Crippen LogP contribution in [0.5, 0.6) is 0 Å². The number of hydrogen-bond donors (Lipinski definition) is 1. The first-order chi connectivity index (χ1) is 7.75. The van der Waals surface area contributed by atoms with Crippen LogP contribution < -0.4 is 5.32 Å². The van der Waals surface area contributed by atoms with Gasteiger partial charge >= 0.3 is 0 Å². The Bertz CT molecular complexity index is 425. The second-order valence-electron chi connectivity index (χ2n) is 3.63. The molecular formula is C12H13FN2O. The first-order valence-corrected chi connectivity index (χ1v) is 5.14. The molecule has 0 aliphatic carbocycles. The number of benzene rings is 1. The maximum Gasteiger partial charge on any atom is 0.150 e. The van der Waals surface area contributed by atoms with Crippen LogP contribution in [0.3, 0.4) is 0 Å². The van der Waals surface area contributed by atoms with Gasteiger partial charge in [-0.2, -0.15) is 0 Å². The molecule has 0 radical (unpaired) electrons. The lowest BCUT2D eigenvalue weighted by Crippen LogP contribution is -2.17. The standard InChI is InChI=1S/C12H13FN2O/c1-9(10-2-4-11(13)5-3-10)14-8-12-6-7-15-16-12/h2-7,9,14H,8H2,1H3. The van der Waals surface area contributed by atoms with Crippen molar-refractivity contribution in [2.45, 2.75) is 19.5 Å². The van der Waals surface area contributed by atoms with Crippen LogP contribution in [0.2, 0.25) is 0 Å². The highest BCUT2D eigenvalue weighted by molar-refractivity contribution is 5.19. The van der Waals surface area contributed by atoms with Crippen LogP contribution in [0.25, 0.3) is 0 Å². The molecule has 0 aliphatic heterocycles. The molecule has 1 heterocycles. The van der Waals surface area contributed by atoms with Gasteiger partial charge in [0.2, 0.25) is 0 Å². The van der Waals surface area contributed by atoms with E-state index in [0.717, 1.165) is 11.3 Å². The molecule has 0 bridgehead atoms. The molecule has 2 rings (SSSR count). The van der Waals surface area contributed by atoms with Gasteiger partial charge in [0.1, 0.15) is 11.6 Å². The molecular weight excluding hydrogens is 207 g/mol. The summed E-state index contributed by atoms with van der Waals surface area (Å²) in [4.78, 5) is 0. The van der Waals surface area contributed by atoms with Gasteiger partial charge in [-0.3, -0.25) is 0 Å². The first kappa shape index (κ1) is 10.8. The van der Waals surface area contributed by atoms with Crippen molar-refractivity contribution < 1.29 is 8.91 Å². The van der Waals surface area contributed by atoms with E-state index in [1.54, 1.807) is 18.3 Å². The molecule has 0 fully saturated rings. The highest BCUT2D eigenvalue weighted by Gasteiger charge is 2.05. The van der Waals surface area contributed by atoms with Gasteiger partial charge in [-0.05, 0) is 24.6 Å². The number of nitrogens with zero attached hydrogens (tertiary/aromatic N) is 1. The van der Waals surface area contributed by atoms with E-state index in [0.29, 0.717) is 6.54 Å². The van der Waals surface area contributed by atoms with E-state index in [4.69, 9.17) is 4.52 Å². The average molecular weight is 220 g/mol. The molecule has 84 valence electrons. The van der Waals surface area contributed by atoms with Gasteiger partial charge in [0.25, 0.3) is 0 Å². The summed E-state index contributed by atoms with van der Waals surface area (Å²) in [7, 11) is 0. The molecule has 2 aromatic rings. The largest absolute Gasteiger partial charge is 0.360 e. The van der Waals surface area contributed by atoms with Crippen molar-refractivity contribution in [3.63, 3.8) is 0 Å². The van der Waals surface area contributed by atoms with E-state index < -0.39 is 0 Å². The minimum Gasteiger partial charge on any atom is -0.360 e. The Kier molecular flexibility index (Phi) is 3.31. The lowest BCUT2D eigenvalue weighted by Gasteiger charge is -2.12. The van der Waals surface area contributed by atoms with E-state index in [1.165, 1.54) is 12.1 Å². The summed E-state index contributed by atoms with van der Waals surface area (Å²) in [5.41, 5.74) is 1.04. The molecule has 0 saturated heterocycles. The van der Waals surface area contributed by atoms with Crippen LogP contribution in [-0.2, 0) is 6.54 Å². The SMILES string of the molecule is CC(NCc1ccno1)c1ccc(F)cc1. The monoisotopic (exact) mass is 220 g/mol. The smallest absolute Gasteiger partial charge is 0.150 e. The predicted molar refractivity (Wildman–Crippen MR) is 58.2 cm³/mol. The Labute approximate surface area is 93.3 Å². The molecule has 0 spiro atoms. The van der Waals surface area contributed by atoms with Crippen LogP contribution in [0.1, 0.15) is 24.3 Å². The van der Waals surface area contributed by atoms with E-state index >= 15 is 0 Å². The molecule has 0 aliphatic rings. The summed E-state index contributed by atoms with van der Waals surface area (Å²) in [5.74, 6) is 0.570. The fourth-order valence-corrected chi connectivity index (χ4v) is 1.46. The summed E-state index contributed by atoms with van der Waals surface area (Å²) in [5, 5.41) is 6.88. The second kappa shape index (κ2) is 4.90. The molecule has 1 aromatic heterocycles. The lowest BCUT2D eigenvalue weighted by atomic mass is 10.1. The van der Waals surface area contributed by atoms with E-state index in [1.807, 2.05) is 13.0 Å². The van der Waals surface area contributed by atoms with Gasteiger partial charge in [0.05, 0.1) is 12.7 Å². The fourth-order valence-electron chi connectivity index (χ4n) is 1.46. The normalized spacial score (nSPS) is 12.6. The van der Waals surface area contributed by atoms with Crippen molar-refractivity contribution in [3.8, 4) is 0 Å². The van der Waals surface area contributed by atoms with Crippen molar-refractivity contribution in [3.05, 3.63) is 53.7 Å². The lowest BCUT2D eigenvalue weighted by molar-refractivity contribution is 0.366. The van der Waals surface area contributed by atoms with Crippen molar-refractivity contribution in [1.82, 2.24) is 10.5 Å². The molecule has 4 heteroatoms. The van der Waals surface area contributed by atoms with Crippen molar-refractivity contribution in [2.24, 2.45) is 0 Å². The number of aromatic nitrogens is 1. The molecule has 16 heavy (non-hydrogen) atoms. The highest BCUT2D eigenvalue weighted by Crippen LogP contribution is 2.13. The first-order valence-electron chi connectivity index (χ1n) is 5.14. The van der Waals surface area contributed by atoms with Crippen LogP contribution in [-0.4, -0.2) is 5.16 Å². The third-order valence-electron chi connectivity index (χ3n) is 2.44. The van der Waals surface area contributed by atoms with Crippen molar-refractivity contribution >= 4 is 0 Å². The van der Waals surface area contributed by atoms with E-state index in [9.17, 15) is 4.39 Å². The quantitative estimate of drug-likeness (QED) is 0.860. The average Bonchev–Trinajstić information content (AvgIpc) is 2.80. The summed E-state index contributed by atoms with van der Waals surface area (Å²) in [6, 6.07) is 8.42. The van der Waals surface area contributed by atoms with Crippen LogP contribution in [0.4, 0.5) is 4.39 Å². The van der Waals surface area contributed by atoms with Gasteiger partial charge in [0, 0.05) is 12.1 Å². The van der Waals surface area contributed by atoms with E-state index in [-0.39, 0.29) is 11.9 Å². The Morgan fingerprint density at radius 1 is 1.31 bits per heavy atom. The number of hydrogen-bond acceptors (Lipinski definition) is 3. The van der Waals surface area contributed by atoms with Gasteiger partial charge in [-0.25, -0.2) is 4.39 Å². The van der Waals surface area contributed by atoms with Gasteiger partial charge < -0.3 is 9.84 Å². The Hall–Kier alpha value is -1.68. The number of halogens is 1. The Balaban J connectivity index is 1.93. The summed E-state index contributed by atoms with van der Waals surface area (Å²) >= 11 is 0. The molecule has 0 amide bonds. The van der Waals surface area contributed by atoms with Gasteiger partial charge in [-0.1, -0.05) is 17.3 Å². The molecule has 1 unspecified atom stereocenters. The third kappa shape index (κ3) is 2.67. The second-order valence-corrected chi connectivity index (χ2v) is 3.63. The van der Waals surface area contributed by atoms with Crippen LogP contribution in [0.15, 0.2) is 41.1 Å². The topological polar surface area (TPSA) is 38.1 Å². The molecule has 1 aromatic carbocycles. The summed E-state index contributed by atoms with van der Waals surface area (Å²) in [6.07, 6.45) is 1.61. The van der Waals surface area contributed by atoms with Crippen molar-refractivity contribution in [2.75, 3.05) is 0 Å². The van der Waals surface area contributed by atoms with Crippen molar-refractivity contribution in [1.29, 1.82) is 0 Å². The molecule has 3 nitrogen and oxygen atoms in total. The maximum absolute atomic E-state index is 12.7. The zero-order chi connectivity index (χ0) is 11.4. The Morgan fingerprint density at radius 2 is 2.06 bits per heavy atom. The van der Waals surface area contributed by atoms with Crippen LogP contribution >= 0.6 is 0 Å². The van der Waals surface area contributed by atoms with E-state index in [2.05, 4.69) is 10.5 Å². The van der Waals surface area contributed by atoms with Crippen LogP contribution in [0, 0.1) is 5.82 Å². The molecule has 0 saturated carbocycles. The third-order valence-corrected chi connectivity index (χ3v) is 2.44.